The molecular formula is C25H34ClN3O3. The Hall–Kier alpha value is -2.12. The molecule has 0 aromatic heterocycles. The van der Waals surface area contributed by atoms with Gasteiger partial charge in [0.25, 0.3) is 0 Å². The SMILES string of the molecule is CC(C)C(=O)Nc1ccccc1OC(O)CCNC1CCN(C(Cl)c2ccccc2)CC1. The number of anilines is 1. The first-order valence-electron chi connectivity index (χ1n) is 11.3. The average molecular weight is 460 g/mol. The van der Waals surface area contributed by atoms with Crippen molar-refractivity contribution < 1.29 is 14.6 Å². The molecule has 1 aliphatic rings. The number of hydrogen-bond donors (Lipinski definition) is 3. The van der Waals surface area contributed by atoms with E-state index in [1.165, 1.54) is 0 Å². The first-order valence-corrected chi connectivity index (χ1v) is 11.8. The van der Waals surface area contributed by atoms with Gasteiger partial charge in [0.2, 0.25) is 5.91 Å². The van der Waals surface area contributed by atoms with Crippen LogP contribution in [-0.4, -0.2) is 47.9 Å². The Labute approximate surface area is 195 Å². The molecule has 2 atom stereocenters. The van der Waals surface area contributed by atoms with Gasteiger partial charge in [0.1, 0.15) is 11.3 Å². The maximum absolute atomic E-state index is 12.0. The molecule has 32 heavy (non-hydrogen) atoms. The predicted octanol–water partition coefficient (Wildman–Crippen LogP) is 4.36. The van der Waals surface area contributed by atoms with Crippen molar-refractivity contribution in [2.45, 2.75) is 50.9 Å². The molecule has 0 saturated carbocycles. The van der Waals surface area contributed by atoms with E-state index in [1.54, 1.807) is 12.1 Å². The van der Waals surface area contributed by atoms with Gasteiger partial charge in [-0.05, 0) is 30.5 Å². The second-order valence-electron chi connectivity index (χ2n) is 8.51. The lowest BCUT2D eigenvalue weighted by molar-refractivity contribution is -0.118. The topological polar surface area (TPSA) is 73.8 Å². The Balaban J connectivity index is 1.39. The van der Waals surface area contributed by atoms with E-state index >= 15 is 0 Å². The van der Waals surface area contributed by atoms with Crippen LogP contribution in [0.3, 0.4) is 0 Å². The van der Waals surface area contributed by atoms with Crippen LogP contribution in [0.5, 0.6) is 5.75 Å². The van der Waals surface area contributed by atoms with Crippen LogP contribution in [0.2, 0.25) is 0 Å². The minimum absolute atomic E-state index is 0.0880. The van der Waals surface area contributed by atoms with E-state index < -0.39 is 6.29 Å². The third-order valence-corrected chi connectivity index (χ3v) is 6.21. The molecule has 6 nitrogen and oxygen atoms in total. The summed E-state index contributed by atoms with van der Waals surface area (Å²) in [6, 6.07) is 17.7. The molecule has 174 valence electrons. The van der Waals surface area contributed by atoms with Gasteiger partial charge in [0.05, 0.1) is 5.69 Å². The lowest BCUT2D eigenvalue weighted by Crippen LogP contribution is -2.43. The summed E-state index contributed by atoms with van der Waals surface area (Å²) in [5.41, 5.74) is 1.61. The van der Waals surface area contributed by atoms with Crippen LogP contribution in [0, 0.1) is 5.92 Å². The predicted molar refractivity (Wildman–Crippen MR) is 129 cm³/mol. The molecule has 2 aromatic rings. The maximum atomic E-state index is 12.0. The van der Waals surface area contributed by atoms with Crippen molar-refractivity contribution in [3.05, 3.63) is 60.2 Å². The number of amides is 1. The van der Waals surface area contributed by atoms with Crippen LogP contribution < -0.4 is 15.4 Å². The number of carbonyl (C=O) groups is 1. The fraction of sp³-hybridized carbons (Fsp3) is 0.480. The number of likely N-dealkylation sites (tertiary alicyclic amines) is 1. The maximum Gasteiger partial charge on any atom is 0.227 e. The number of carbonyl (C=O) groups excluding carboxylic acids is 1. The van der Waals surface area contributed by atoms with Crippen molar-refractivity contribution in [3.63, 3.8) is 0 Å². The highest BCUT2D eigenvalue weighted by atomic mass is 35.5. The normalized spacial score (nSPS) is 17.2. The van der Waals surface area contributed by atoms with Crippen LogP contribution in [0.4, 0.5) is 5.69 Å². The van der Waals surface area contributed by atoms with Gasteiger partial charge in [-0.1, -0.05) is 56.3 Å². The zero-order chi connectivity index (χ0) is 22.9. The van der Waals surface area contributed by atoms with Gasteiger partial charge in [0, 0.05) is 38.0 Å². The standard InChI is InChI=1S/C25H34ClN3O3/c1-18(2)25(31)28-21-10-6-7-11-22(21)32-23(30)12-15-27-20-13-16-29(17-14-20)24(26)19-8-4-3-5-9-19/h3-11,18,20,23-24,27,30H,12-17H2,1-2H3,(H,28,31). The van der Waals surface area contributed by atoms with Crippen LogP contribution in [0.15, 0.2) is 54.6 Å². The molecule has 3 N–H and O–H groups in total. The molecule has 1 fully saturated rings. The average Bonchev–Trinajstić information content (AvgIpc) is 2.81. The van der Waals surface area contributed by atoms with Gasteiger partial charge in [0.15, 0.2) is 6.29 Å². The Kier molecular flexibility index (Phi) is 9.36. The number of piperidine rings is 1. The summed E-state index contributed by atoms with van der Waals surface area (Å²) < 4.78 is 5.69. The molecule has 1 saturated heterocycles. The summed E-state index contributed by atoms with van der Waals surface area (Å²) in [5.74, 6) is 0.247. The minimum Gasteiger partial charge on any atom is -0.463 e. The highest BCUT2D eigenvalue weighted by Gasteiger charge is 2.24. The number of para-hydroxylation sites is 2. The highest BCUT2D eigenvalue weighted by Crippen LogP contribution is 2.28. The largest absolute Gasteiger partial charge is 0.463 e. The molecule has 0 spiro atoms. The van der Waals surface area contributed by atoms with E-state index in [0.717, 1.165) is 31.5 Å². The van der Waals surface area contributed by atoms with E-state index in [-0.39, 0.29) is 17.3 Å². The number of rotatable bonds is 10. The van der Waals surface area contributed by atoms with Crippen LogP contribution in [0.25, 0.3) is 0 Å². The lowest BCUT2D eigenvalue weighted by Gasteiger charge is -2.35. The van der Waals surface area contributed by atoms with Gasteiger partial charge < -0.3 is 20.5 Å². The molecule has 0 aliphatic carbocycles. The summed E-state index contributed by atoms with van der Waals surface area (Å²) >= 11 is 6.65. The third-order valence-electron chi connectivity index (χ3n) is 5.68. The summed E-state index contributed by atoms with van der Waals surface area (Å²) in [6.45, 7) is 6.18. The molecule has 1 aliphatic heterocycles. The van der Waals surface area contributed by atoms with E-state index in [2.05, 4.69) is 27.7 Å². The summed E-state index contributed by atoms with van der Waals surface area (Å²) in [6.07, 6.45) is 1.52. The Bertz CT molecular complexity index is 841. The van der Waals surface area contributed by atoms with Gasteiger partial charge in [-0.25, -0.2) is 0 Å². The Morgan fingerprint density at radius 3 is 2.47 bits per heavy atom. The monoisotopic (exact) mass is 459 g/mol. The summed E-state index contributed by atoms with van der Waals surface area (Å²) in [5, 5.41) is 16.7. The summed E-state index contributed by atoms with van der Waals surface area (Å²) in [4.78, 5) is 14.3. The van der Waals surface area contributed by atoms with Gasteiger partial charge >= 0.3 is 0 Å². The molecule has 2 unspecified atom stereocenters. The smallest absolute Gasteiger partial charge is 0.227 e. The molecule has 0 bridgehead atoms. The second-order valence-corrected chi connectivity index (χ2v) is 8.93. The van der Waals surface area contributed by atoms with Crippen LogP contribution in [0.1, 0.15) is 44.2 Å². The first kappa shape index (κ1) is 24.5. The van der Waals surface area contributed by atoms with E-state index in [4.69, 9.17) is 16.3 Å². The lowest BCUT2D eigenvalue weighted by atomic mass is 10.0. The van der Waals surface area contributed by atoms with Crippen molar-refractivity contribution in [1.82, 2.24) is 10.2 Å². The van der Waals surface area contributed by atoms with Gasteiger partial charge in [-0.15, -0.1) is 11.6 Å². The van der Waals surface area contributed by atoms with E-state index in [9.17, 15) is 9.90 Å². The minimum atomic E-state index is -0.954. The third kappa shape index (κ3) is 7.20. The summed E-state index contributed by atoms with van der Waals surface area (Å²) in [7, 11) is 0. The zero-order valence-electron chi connectivity index (χ0n) is 18.8. The van der Waals surface area contributed by atoms with Gasteiger partial charge in [-0.3, -0.25) is 9.69 Å². The number of aliphatic hydroxyl groups is 1. The van der Waals surface area contributed by atoms with Crippen molar-refractivity contribution in [1.29, 1.82) is 0 Å². The van der Waals surface area contributed by atoms with Crippen molar-refractivity contribution >= 4 is 23.2 Å². The first-order chi connectivity index (χ1) is 15.4. The van der Waals surface area contributed by atoms with Crippen molar-refractivity contribution in [2.75, 3.05) is 25.0 Å². The van der Waals surface area contributed by atoms with E-state index in [1.807, 2.05) is 44.2 Å². The number of hydrogen-bond acceptors (Lipinski definition) is 5. The number of benzene rings is 2. The molecular weight excluding hydrogens is 426 g/mol. The number of nitrogens with one attached hydrogen (secondary N) is 2. The number of nitrogens with zero attached hydrogens (tertiary/aromatic N) is 1. The highest BCUT2D eigenvalue weighted by molar-refractivity contribution is 6.20. The Morgan fingerprint density at radius 1 is 1.12 bits per heavy atom. The molecule has 1 amide bonds. The fourth-order valence-corrected chi connectivity index (χ4v) is 4.06. The van der Waals surface area contributed by atoms with Gasteiger partial charge in [-0.2, -0.15) is 0 Å². The molecule has 0 radical (unpaired) electrons. The van der Waals surface area contributed by atoms with E-state index in [0.29, 0.717) is 30.4 Å². The van der Waals surface area contributed by atoms with Crippen molar-refractivity contribution in [3.8, 4) is 5.75 Å². The second kappa shape index (κ2) is 12.2. The number of alkyl halides is 1. The number of halogens is 1. The fourth-order valence-electron chi connectivity index (χ4n) is 3.72. The molecule has 7 heteroatoms. The quantitative estimate of drug-likeness (QED) is 0.279. The molecule has 2 aromatic carbocycles. The Morgan fingerprint density at radius 2 is 1.78 bits per heavy atom. The molecule has 3 rings (SSSR count). The number of ether oxygens (including phenoxy) is 1. The molecule has 1 heterocycles. The zero-order valence-corrected chi connectivity index (χ0v) is 19.6. The number of aliphatic hydroxyl groups excluding tert-OH is 1. The van der Waals surface area contributed by atoms with Crippen LogP contribution in [-0.2, 0) is 4.79 Å². The van der Waals surface area contributed by atoms with Crippen LogP contribution >= 0.6 is 11.6 Å². The van der Waals surface area contributed by atoms with Crippen molar-refractivity contribution in [2.24, 2.45) is 5.92 Å².